The van der Waals surface area contributed by atoms with Crippen LogP contribution < -0.4 is 10.1 Å². The normalized spacial score (nSPS) is 14.4. The summed E-state index contributed by atoms with van der Waals surface area (Å²) < 4.78 is 9.62. The summed E-state index contributed by atoms with van der Waals surface area (Å²) in [6.07, 6.45) is 2.04. The fraction of sp³-hybridized carbons (Fsp3) is 0.161. The monoisotopic (exact) mass is 537 g/mol. The van der Waals surface area contributed by atoms with Gasteiger partial charge in [-0.05, 0) is 61.9 Å². The van der Waals surface area contributed by atoms with Crippen LogP contribution in [0.1, 0.15) is 34.1 Å². The Balaban J connectivity index is 1.54. The zero-order valence-corrected chi connectivity index (χ0v) is 22.7. The van der Waals surface area contributed by atoms with Crippen molar-refractivity contribution in [2.24, 2.45) is 0 Å². The van der Waals surface area contributed by atoms with Crippen LogP contribution in [-0.2, 0) is 6.54 Å². The Morgan fingerprint density at radius 2 is 1.82 bits per heavy atom. The number of benzene rings is 3. The lowest BCUT2D eigenvalue weighted by Gasteiger charge is -2.31. The Bertz CT molecular complexity index is 1670. The lowest BCUT2D eigenvalue weighted by molar-refractivity contribution is 0.194. The molecular formula is C31H28ClN5O2. The van der Waals surface area contributed by atoms with Crippen LogP contribution in [0.4, 0.5) is 10.5 Å². The van der Waals surface area contributed by atoms with Crippen LogP contribution in [0.2, 0.25) is 5.02 Å². The number of aromatic nitrogens is 3. The highest BCUT2D eigenvalue weighted by atomic mass is 35.5. The molecule has 0 spiro atoms. The maximum absolute atomic E-state index is 14.2. The van der Waals surface area contributed by atoms with Gasteiger partial charge in [0.15, 0.2) is 0 Å². The van der Waals surface area contributed by atoms with E-state index in [0.29, 0.717) is 23.0 Å². The zero-order chi connectivity index (χ0) is 27.1. The third-order valence-electron chi connectivity index (χ3n) is 7.11. The number of anilines is 1. The number of carbonyl (C=O) groups is 1. The van der Waals surface area contributed by atoms with Crippen molar-refractivity contribution in [3.05, 3.63) is 124 Å². The van der Waals surface area contributed by atoms with Crippen molar-refractivity contribution in [1.82, 2.24) is 19.2 Å². The molecule has 0 saturated heterocycles. The number of nitrogens with one attached hydrogen (secondary N) is 1. The first-order chi connectivity index (χ1) is 18.9. The van der Waals surface area contributed by atoms with Gasteiger partial charge < -0.3 is 19.5 Å². The predicted molar refractivity (Wildman–Crippen MR) is 153 cm³/mol. The Hall–Kier alpha value is -4.49. The fourth-order valence-electron chi connectivity index (χ4n) is 5.31. The van der Waals surface area contributed by atoms with Crippen LogP contribution in [0.15, 0.2) is 91.1 Å². The zero-order valence-electron chi connectivity index (χ0n) is 21.9. The second-order valence-electron chi connectivity index (χ2n) is 9.66. The SMILES string of the molecule is COc1ccc(Cl)cc1NC(=O)N1Cc2c(C)nn(-c3ccccc3)c2-n2cccc2[C@H]1c1cccc(C)c1. The van der Waals surface area contributed by atoms with Crippen LogP contribution in [0.5, 0.6) is 5.75 Å². The highest BCUT2D eigenvalue weighted by molar-refractivity contribution is 6.31. The predicted octanol–water partition coefficient (Wildman–Crippen LogP) is 7.08. The number of carbonyl (C=O) groups excluding carboxylic acids is 1. The van der Waals surface area contributed by atoms with E-state index < -0.39 is 0 Å². The van der Waals surface area contributed by atoms with Crippen LogP contribution in [0.25, 0.3) is 11.5 Å². The van der Waals surface area contributed by atoms with Gasteiger partial charge in [-0.15, -0.1) is 0 Å². The molecule has 39 heavy (non-hydrogen) atoms. The Morgan fingerprint density at radius 3 is 2.59 bits per heavy atom. The lowest BCUT2D eigenvalue weighted by Crippen LogP contribution is -2.38. The minimum Gasteiger partial charge on any atom is -0.495 e. The van der Waals surface area contributed by atoms with Gasteiger partial charge in [0.2, 0.25) is 0 Å². The molecule has 1 aliphatic rings. The van der Waals surface area contributed by atoms with Crippen molar-refractivity contribution in [2.75, 3.05) is 12.4 Å². The molecule has 2 aromatic heterocycles. The van der Waals surface area contributed by atoms with Crippen molar-refractivity contribution < 1.29 is 9.53 Å². The molecule has 0 aliphatic carbocycles. The summed E-state index contributed by atoms with van der Waals surface area (Å²) in [5.74, 6) is 1.46. The standard InChI is InChI=1S/C31H28ClN5O2/c1-20-9-7-10-22(17-20)29-27-13-8-16-35(27)30-25(21(2)34-37(30)24-11-5-4-6-12-24)19-36(29)31(38)33-26-18-23(32)14-15-28(26)39-3/h4-18,29H,19H2,1-3H3,(H,33,38)/t29-/m1/s1. The fourth-order valence-corrected chi connectivity index (χ4v) is 5.48. The van der Waals surface area contributed by atoms with Crippen LogP contribution in [0, 0.1) is 13.8 Å². The molecule has 6 rings (SSSR count). The van der Waals surface area contributed by atoms with Gasteiger partial charge in [-0.1, -0.05) is 59.6 Å². The summed E-state index contributed by atoms with van der Waals surface area (Å²) in [4.78, 5) is 16.0. The van der Waals surface area contributed by atoms with Crippen molar-refractivity contribution >= 4 is 23.3 Å². The van der Waals surface area contributed by atoms with Gasteiger partial charge in [0.25, 0.3) is 0 Å². The Labute approximate surface area is 232 Å². The first-order valence-electron chi connectivity index (χ1n) is 12.7. The second kappa shape index (κ2) is 10.0. The molecule has 2 amide bonds. The highest BCUT2D eigenvalue weighted by Crippen LogP contribution is 2.39. The van der Waals surface area contributed by atoms with Gasteiger partial charge in [-0.3, -0.25) is 0 Å². The summed E-state index contributed by atoms with van der Waals surface area (Å²) in [6.45, 7) is 4.40. The third-order valence-corrected chi connectivity index (χ3v) is 7.34. The van der Waals surface area contributed by atoms with Gasteiger partial charge >= 0.3 is 6.03 Å². The van der Waals surface area contributed by atoms with Gasteiger partial charge in [0.1, 0.15) is 11.6 Å². The topological polar surface area (TPSA) is 64.3 Å². The summed E-state index contributed by atoms with van der Waals surface area (Å²) in [5.41, 5.74) is 6.40. The average Bonchev–Trinajstić information content (AvgIpc) is 3.49. The van der Waals surface area contributed by atoms with E-state index in [-0.39, 0.29) is 12.1 Å². The summed E-state index contributed by atoms with van der Waals surface area (Å²) in [6, 6.07) is 27.0. The minimum atomic E-state index is -0.360. The molecule has 5 aromatic rings. The van der Waals surface area contributed by atoms with E-state index in [1.807, 2.05) is 65.2 Å². The second-order valence-corrected chi connectivity index (χ2v) is 10.1. The summed E-state index contributed by atoms with van der Waals surface area (Å²) in [7, 11) is 1.57. The maximum Gasteiger partial charge on any atom is 0.323 e. The van der Waals surface area contributed by atoms with E-state index in [2.05, 4.69) is 41.1 Å². The molecule has 1 N–H and O–H groups in total. The van der Waals surface area contributed by atoms with Crippen molar-refractivity contribution in [1.29, 1.82) is 0 Å². The van der Waals surface area contributed by atoms with E-state index in [1.54, 1.807) is 25.3 Å². The molecule has 0 saturated carbocycles. The number of ether oxygens (including phenoxy) is 1. The van der Waals surface area contributed by atoms with Gasteiger partial charge in [0, 0.05) is 16.8 Å². The van der Waals surface area contributed by atoms with Crippen molar-refractivity contribution in [3.8, 4) is 17.3 Å². The molecule has 3 aromatic carbocycles. The molecule has 7 nitrogen and oxygen atoms in total. The quantitative estimate of drug-likeness (QED) is 0.266. The average molecular weight is 538 g/mol. The number of hydrogen-bond donors (Lipinski definition) is 1. The number of amides is 2. The Kier molecular flexibility index (Phi) is 6.37. The van der Waals surface area contributed by atoms with E-state index >= 15 is 0 Å². The third kappa shape index (κ3) is 4.45. The van der Waals surface area contributed by atoms with Crippen molar-refractivity contribution in [3.63, 3.8) is 0 Å². The molecule has 196 valence electrons. The van der Waals surface area contributed by atoms with Crippen LogP contribution in [0.3, 0.4) is 0 Å². The number of fused-ring (bicyclic) bond motifs is 3. The van der Waals surface area contributed by atoms with Gasteiger partial charge in [-0.25, -0.2) is 9.48 Å². The molecule has 8 heteroatoms. The number of methoxy groups -OCH3 is 1. The van der Waals surface area contributed by atoms with E-state index in [9.17, 15) is 4.79 Å². The minimum absolute atomic E-state index is 0.269. The molecule has 3 heterocycles. The lowest BCUT2D eigenvalue weighted by atomic mass is 10.00. The molecule has 0 bridgehead atoms. The molecule has 0 unspecified atom stereocenters. The molecule has 1 atom stereocenters. The van der Waals surface area contributed by atoms with Crippen LogP contribution in [-0.4, -0.2) is 32.4 Å². The number of urea groups is 1. The van der Waals surface area contributed by atoms with Crippen molar-refractivity contribution in [2.45, 2.75) is 26.4 Å². The number of aryl methyl sites for hydroxylation is 2. The maximum atomic E-state index is 14.2. The van der Waals surface area contributed by atoms with E-state index in [4.69, 9.17) is 21.4 Å². The number of nitrogens with zero attached hydrogens (tertiary/aromatic N) is 4. The number of para-hydroxylation sites is 1. The van der Waals surface area contributed by atoms with E-state index in [0.717, 1.165) is 39.6 Å². The smallest absolute Gasteiger partial charge is 0.323 e. The first-order valence-corrected chi connectivity index (χ1v) is 13.1. The summed E-state index contributed by atoms with van der Waals surface area (Å²) >= 11 is 6.28. The largest absolute Gasteiger partial charge is 0.495 e. The number of halogens is 1. The van der Waals surface area contributed by atoms with Gasteiger partial charge in [0.05, 0.1) is 42.5 Å². The summed E-state index contributed by atoms with van der Waals surface area (Å²) in [5, 5.41) is 8.49. The molecule has 0 fully saturated rings. The Morgan fingerprint density at radius 1 is 1.00 bits per heavy atom. The molecule has 1 aliphatic heterocycles. The highest BCUT2D eigenvalue weighted by Gasteiger charge is 2.36. The number of hydrogen-bond acceptors (Lipinski definition) is 3. The molecular weight excluding hydrogens is 510 g/mol. The van der Waals surface area contributed by atoms with Gasteiger partial charge in [-0.2, -0.15) is 5.10 Å². The number of rotatable bonds is 4. The van der Waals surface area contributed by atoms with Crippen LogP contribution >= 0.6 is 11.6 Å². The van der Waals surface area contributed by atoms with E-state index in [1.165, 1.54) is 0 Å². The first kappa shape index (κ1) is 24.8. The molecule has 0 radical (unpaired) electrons.